The molecule has 6 nitrogen and oxygen atoms in total. The zero-order chi connectivity index (χ0) is 23.3. The third-order valence-corrected chi connectivity index (χ3v) is 6.51. The minimum Gasteiger partial charge on any atom is -0.380 e. The number of ether oxygens (including phenoxy) is 1. The van der Waals surface area contributed by atoms with Crippen molar-refractivity contribution in [2.24, 2.45) is 0 Å². The zero-order valence-corrected chi connectivity index (χ0v) is 19.8. The van der Waals surface area contributed by atoms with Gasteiger partial charge in [-0.25, -0.2) is 8.42 Å². The minimum absolute atomic E-state index is 0.0811. The topological polar surface area (TPSA) is 75.7 Å². The Morgan fingerprint density at radius 1 is 0.969 bits per heavy atom. The van der Waals surface area contributed by atoms with E-state index in [4.69, 9.17) is 27.9 Å². The number of amides is 1. The number of rotatable bonds is 8. The van der Waals surface area contributed by atoms with Crippen molar-refractivity contribution < 1.29 is 17.9 Å². The average Bonchev–Trinajstić information content (AvgIpc) is 2.74. The van der Waals surface area contributed by atoms with Crippen LogP contribution in [0.1, 0.15) is 21.5 Å². The van der Waals surface area contributed by atoms with Crippen LogP contribution in [0.5, 0.6) is 0 Å². The SMILES string of the molecule is COCc1cccc(NC(=O)c2ccc(CN(c3ccc(Cl)c(Cl)c3)S(C)(=O)=O)cc2)c1. The molecular formula is C23H22Cl2N2O4S. The summed E-state index contributed by atoms with van der Waals surface area (Å²) in [6.07, 6.45) is 1.12. The Balaban J connectivity index is 1.75. The van der Waals surface area contributed by atoms with Gasteiger partial charge < -0.3 is 10.1 Å². The maximum atomic E-state index is 12.6. The summed E-state index contributed by atoms with van der Waals surface area (Å²) in [7, 11) is -1.97. The van der Waals surface area contributed by atoms with Crippen LogP contribution in [0.15, 0.2) is 66.7 Å². The van der Waals surface area contributed by atoms with Gasteiger partial charge in [0, 0.05) is 18.4 Å². The highest BCUT2D eigenvalue weighted by atomic mass is 35.5. The number of carbonyl (C=O) groups is 1. The number of sulfonamides is 1. The number of hydrogen-bond acceptors (Lipinski definition) is 4. The zero-order valence-electron chi connectivity index (χ0n) is 17.5. The van der Waals surface area contributed by atoms with E-state index in [1.54, 1.807) is 49.6 Å². The van der Waals surface area contributed by atoms with E-state index in [0.717, 1.165) is 11.8 Å². The molecule has 0 spiro atoms. The quantitative estimate of drug-likeness (QED) is 0.459. The van der Waals surface area contributed by atoms with Gasteiger partial charge in [0.1, 0.15) is 0 Å². The highest BCUT2D eigenvalue weighted by Gasteiger charge is 2.19. The van der Waals surface area contributed by atoms with E-state index >= 15 is 0 Å². The third-order valence-electron chi connectivity index (χ3n) is 4.63. The number of halogens is 2. The predicted molar refractivity (Wildman–Crippen MR) is 129 cm³/mol. The Kier molecular flexibility index (Phi) is 7.79. The van der Waals surface area contributed by atoms with Crippen molar-refractivity contribution in [3.05, 3.63) is 93.5 Å². The molecular weight excluding hydrogens is 471 g/mol. The first-order valence-corrected chi connectivity index (χ1v) is 12.2. The first-order valence-electron chi connectivity index (χ1n) is 9.58. The van der Waals surface area contributed by atoms with Gasteiger partial charge in [0.15, 0.2) is 0 Å². The van der Waals surface area contributed by atoms with Gasteiger partial charge in [-0.15, -0.1) is 0 Å². The lowest BCUT2D eigenvalue weighted by atomic mass is 10.1. The van der Waals surface area contributed by atoms with Crippen LogP contribution in [-0.2, 0) is 27.9 Å². The van der Waals surface area contributed by atoms with Crippen molar-refractivity contribution in [2.45, 2.75) is 13.2 Å². The van der Waals surface area contributed by atoms with Gasteiger partial charge in [0.05, 0.1) is 35.1 Å². The summed E-state index contributed by atoms with van der Waals surface area (Å²) >= 11 is 12.0. The number of benzene rings is 3. The van der Waals surface area contributed by atoms with E-state index in [9.17, 15) is 13.2 Å². The summed E-state index contributed by atoms with van der Waals surface area (Å²) in [6, 6.07) is 18.8. The number of nitrogens with zero attached hydrogens (tertiary/aromatic N) is 1. The summed E-state index contributed by atoms with van der Waals surface area (Å²) in [6.45, 7) is 0.534. The van der Waals surface area contributed by atoms with Crippen LogP contribution in [0.2, 0.25) is 10.0 Å². The van der Waals surface area contributed by atoms with E-state index in [0.29, 0.717) is 34.1 Å². The van der Waals surface area contributed by atoms with E-state index in [-0.39, 0.29) is 17.5 Å². The molecule has 0 bridgehead atoms. The molecule has 0 aliphatic rings. The van der Waals surface area contributed by atoms with E-state index in [2.05, 4.69) is 5.32 Å². The third kappa shape index (κ3) is 6.23. The smallest absolute Gasteiger partial charge is 0.255 e. The lowest BCUT2D eigenvalue weighted by molar-refractivity contribution is 0.102. The molecule has 0 atom stereocenters. The minimum atomic E-state index is -3.58. The molecule has 1 N–H and O–H groups in total. The average molecular weight is 493 g/mol. The highest BCUT2D eigenvalue weighted by Crippen LogP contribution is 2.29. The van der Waals surface area contributed by atoms with Crippen LogP contribution >= 0.6 is 23.2 Å². The number of nitrogens with one attached hydrogen (secondary N) is 1. The largest absolute Gasteiger partial charge is 0.380 e. The summed E-state index contributed by atoms with van der Waals surface area (Å²) in [4.78, 5) is 12.6. The Morgan fingerprint density at radius 3 is 2.31 bits per heavy atom. The van der Waals surface area contributed by atoms with Crippen molar-refractivity contribution in [3.8, 4) is 0 Å². The van der Waals surface area contributed by atoms with Crippen LogP contribution in [0, 0.1) is 0 Å². The molecule has 0 aromatic heterocycles. The Hall–Kier alpha value is -2.58. The fourth-order valence-corrected chi connectivity index (χ4v) is 4.25. The molecule has 168 valence electrons. The molecule has 0 unspecified atom stereocenters. The van der Waals surface area contributed by atoms with E-state index < -0.39 is 10.0 Å². The summed E-state index contributed by atoms with van der Waals surface area (Å²) in [5.41, 5.74) is 3.17. The first-order chi connectivity index (χ1) is 15.2. The van der Waals surface area contributed by atoms with Gasteiger partial charge in [-0.2, -0.15) is 0 Å². The molecule has 9 heteroatoms. The van der Waals surface area contributed by atoms with E-state index in [1.165, 1.54) is 10.4 Å². The molecule has 3 rings (SSSR count). The maximum Gasteiger partial charge on any atom is 0.255 e. The standard InChI is InChI=1S/C23H22Cl2N2O4S/c1-31-15-17-4-3-5-19(12-17)26-23(28)18-8-6-16(7-9-18)14-27(32(2,29)30)20-10-11-21(24)22(25)13-20/h3-13H,14-15H2,1-2H3,(H,26,28). The second kappa shape index (κ2) is 10.4. The predicted octanol–water partition coefficient (Wildman–Crippen LogP) is 5.36. The number of carbonyl (C=O) groups excluding carboxylic acids is 1. The van der Waals surface area contributed by atoms with Crippen LogP contribution in [0.4, 0.5) is 11.4 Å². The van der Waals surface area contributed by atoms with Gasteiger partial charge in [0.25, 0.3) is 5.91 Å². The molecule has 0 saturated carbocycles. The molecule has 1 amide bonds. The summed E-state index contributed by atoms with van der Waals surface area (Å²) in [5.74, 6) is -0.268. The first kappa shape index (κ1) is 24.1. The van der Waals surface area contributed by atoms with Crippen LogP contribution in [-0.4, -0.2) is 27.7 Å². The molecule has 0 radical (unpaired) electrons. The fraction of sp³-hybridized carbons (Fsp3) is 0.174. The van der Waals surface area contributed by atoms with Crippen molar-refractivity contribution >= 4 is 50.5 Å². The lowest BCUT2D eigenvalue weighted by Gasteiger charge is -2.23. The number of methoxy groups -OCH3 is 1. The van der Waals surface area contributed by atoms with Gasteiger partial charge in [-0.05, 0) is 53.6 Å². The van der Waals surface area contributed by atoms with Gasteiger partial charge >= 0.3 is 0 Å². The normalized spacial score (nSPS) is 11.2. The van der Waals surface area contributed by atoms with Gasteiger partial charge in [-0.3, -0.25) is 9.10 Å². The molecule has 0 aliphatic heterocycles. The molecule has 3 aromatic carbocycles. The fourth-order valence-electron chi connectivity index (χ4n) is 3.08. The molecule has 32 heavy (non-hydrogen) atoms. The monoisotopic (exact) mass is 492 g/mol. The van der Waals surface area contributed by atoms with Crippen LogP contribution in [0.3, 0.4) is 0 Å². The Labute approximate surface area is 197 Å². The number of hydrogen-bond donors (Lipinski definition) is 1. The number of anilines is 2. The van der Waals surface area contributed by atoms with E-state index in [1.807, 2.05) is 18.2 Å². The van der Waals surface area contributed by atoms with Crippen LogP contribution in [0.25, 0.3) is 0 Å². The van der Waals surface area contributed by atoms with Gasteiger partial charge in [-0.1, -0.05) is 47.5 Å². The second-order valence-electron chi connectivity index (χ2n) is 7.15. The lowest BCUT2D eigenvalue weighted by Crippen LogP contribution is -2.29. The summed E-state index contributed by atoms with van der Waals surface area (Å²) in [5, 5.41) is 3.45. The Morgan fingerprint density at radius 2 is 1.69 bits per heavy atom. The molecule has 3 aromatic rings. The van der Waals surface area contributed by atoms with Gasteiger partial charge in [0.2, 0.25) is 10.0 Å². The van der Waals surface area contributed by atoms with Crippen molar-refractivity contribution in [1.82, 2.24) is 0 Å². The second-order valence-corrected chi connectivity index (χ2v) is 9.87. The van der Waals surface area contributed by atoms with Crippen molar-refractivity contribution in [2.75, 3.05) is 23.0 Å². The Bertz CT molecular complexity index is 1210. The molecule has 0 saturated heterocycles. The molecule has 0 aliphatic carbocycles. The highest BCUT2D eigenvalue weighted by molar-refractivity contribution is 7.92. The maximum absolute atomic E-state index is 12.6. The molecule has 0 fully saturated rings. The van der Waals surface area contributed by atoms with Crippen molar-refractivity contribution in [1.29, 1.82) is 0 Å². The molecule has 0 heterocycles. The van der Waals surface area contributed by atoms with Crippen LogP contribution < -0.4 is 9.62 Å². The van der Waals surface area contributed by atoms with Crippen molar-refractivity contribution in [3.63, 3.8) is 0 Å². The summed E-state index contributed by atoms with van der Waals surface area (Å²) < 4.78 is 31.1.